The monoisotopic (exact) mass is 292 g/mol. The van der Waals surface area contributed by atoms with E-state index >= 15 is 0 Å². The Labute approximate surface area is 120 Å². The summed E-state index contributed by atoms with van der Waals surface area (Å²) in [6.45, 7) is 0.584. The van der Waals surface area contributed by atoms with E-state index in [-0.39, 0.29) is 6.04 Å². The molecule has 1 saturated heterocycles. The number of hydrogen-bond donors (Lipinski definition) is 2. The van der Waals surface area contributed by atoms with Crippen LogP contribution in [0.4, 0.5) is 0 Å². The molecule has 1 aliphatic rings. The predicted octanol–water partition coefficient (Wildman–Crippen LogP) is 1.59. The van der Waals surface area contributed by atoms with E-state index in [2.05, 4.69) is 15.6 Å². The molecule has 2 N–H and O–H groups in total. The predicted molar refractivity (Wildman–Crippen MR) is 73.5 cm³/mol. The van der Waals surface area contributed by atoms with Gasteiger partial charge < -0.3 is 10.4 Å². The molecule has 0 spiro atoms. The summed E-state index contributed by atoms with van der Waals surface area (Å²) in [6, 6.07) is 6.86. The summed E-state index contributed by atoms with van der Waals surface area (Å²) in [5.41, 5.74) is 1.68. The van der Waals surface area contributed by atoms with E-state index in [9.17, 15) is 4.79 Å². The lowest BCUT2D eigenvalue weighted by Gasteiger charge is -2.07. The van der Waals surface area contributed by atoms with Crippen molar-refractivity contribution in [3.05, 3.63) is 35.5 Å². The molecule has 0 amide bonds. The van der Waals surface area contributed by atoms with Gasteiger partial charge in [0.25, 0.3) is 0 Å². The molecular weight excluding hydrogens is 280 g/mol. The van der Waals surface area contributed by atoms with Crippen LogP contribution in [0, 0.1) is 0 Å². The van der Waals surface area contributed by atoms with Gasteiger partial charge in [-0.25, -0.2) is 4.68 Å². The third-order valence-electron chi connectivity index (χ3n) is 3.43. The third kappa shape index (κ3) is 2.52. The van der Waals surface area contributed by atoms with Gasteiger partial charge in [0.1, 0.15) is 11.7 Å². The number of aliphatic carboxylic acids is 1. The third-order valence-corrected chi connectivity index (χ3v) is 3.68. The van der Waals surface area contributed by atoms with Crippen molar-refractivity contribution in [2.45, 2.75) is 18.5 Å². The minimum atomic E-state index is -0.828. The van der Waals surface area contributed by atoms with Gasteiger partial charge in [-0.3, -0.25) is 4.79 Å². The van der Waals surface area contributed by atoms with Crippen molar-refractivity contribution in [3.8, 4) is 11.3 Å². The second kappa shape index (κ2) is 5.22. The number of hydrogen-bond acceptors (Lipinski definition) is 4. The summed E-state index contributed by atoms with van der Waals surface area (Å²) < 4.78 is 1.72. The fourth-order valence-corrected chi connectivity index (χ4v) is 2.44. The first kappa shape index (κ1) is 13.1. The van der Waals surface area contributed by atoms with Crippen LogP contribution in [0.25, 0.3) is 11.3 Å². The molecule has 1 aromatic heterocycles. The number of nitrogens with one attached hydrogen (secondary N) is 1. The smallest absolute Gasteiger partial charge is 0.320 e. The number of halogens is 1. The van der Waals surface area contributed by atoms with Gasteiger partial charge in [0.2, 0.25) is 0 Å². The largest absolute Gasteiger partial charge is 0.480 e. The van der Waals surface area contributed by atoms with E-state index < -0.39 is 12.0 Å². The molecule has 0 saturated carbocycles. The quantitative estimate of drug-likeness (QED) is 0.898. The lowest BCUT2D eigenvalue weighted by Crippen LogP contribution is -2.29. The fraction of sp³-hybridized carbons (Fsp3) is 0.308. The Hall–Kier alpha value is -1.92. The zero-order valence-electron chi connectivity index (χ0n) is 10.5. The molecule has 0 radical (unpaired) electrons. The Bertz CT molecular complexity index is 626. The van der Waals surface area contributed by atoms with Crippen molar-refractivity contribution in [2.75, 3.05) is 6.54 Å². The van der Waals surface area contributed by atoms with Crippen LogP contribution < -0.4 is 5.32 Å². The first-order valence-corrected chi connectivity index (χ1v) is 6.65. The molecule has 1 aliphatic heterocycles. The SMILES string of the molecule is O=C(O)[C@@H]1C[C@H](n2cc(-c3ccc(Cl)cc3)nn2)CN1. The average molecular weight is 293 g/mol. The number of carboxylic acid groups (broad SMARTS) is 1. The van der Waals surface area contributed by atoms with Gasteiger partial charge in [0.05, 0.1) is 12.2 Å². The van der Waals surface area contributed by atoms with Crippen LogP contribution in [0.2, 0.25) is 5.02 Å². The van der Waals surface area contributed by atoms with Gasteiger partial charge in [-0.05, 0) is 18.6 Å². The van der Waals surface area contributed by atoms with Crippen LogP contribution in [0.15, 0.2) is 30.5 Å². The number of aromatic nitrogens is 3. The van der Waals surface area contributed by atoms with Crippen LogP contribution in [0.3, 0.4) is 0 Å². The molecule has 0 aliphatic carbocycles. The molecule has 1 fully saturated rings. The highest BCUT2D eigenvalue weighted by molar-refractivity contribution is 6.30. The highest BCUT2D eigenvalue weighted by Gasteiger charge is 2.30. The normalized spacial score (nSPS) is 22.1. The van der Waals surface area contributed by atoms with Crippen LogP contribution in [0.5, 0.6) is 0 Å². The van der Waals surface area contributed by atoms with E-state index in [0.717, 1.165) is 11.3 Å². The summed E-state index contributed by atoms with van der Waals surface area (Å²) in [7, 11) is 0. The second-order valence-corrected chi connectivity index (χ2v) is 5.22. The number of carboxylic acids is 1. The van der Waals surface area contributed by atoms with E-state index in [1.54, 1.807) is 16.8 Å². The molecule has 6 nitrogen and oxygen atoms in total. The molecule has 20 heavy (non-hydrogen) atoms. The van der Waals surface area contributed by atoms with Crippen molar-refractivity contribution in [3.63, 3.8) is 0 Å². The maximum absolute atomic E-state index is 10.9. The summed E-state index contributed by atoms with van der Waals surface area (Å²) in [6.07, 6.45) is 2.35. The van der Waals surface area contributed by atoms with Crippen molar-refractivity contribution in [1.82, 2.24) is 20.3 Å². The zero-order valence-corrected chi connectivity index (χ0v) is 11.3. The van der Waals surface area contributed by atoms with Crippen molar-refractivity contribution < 1.29 is 9.90 Å². The van der Waals surface area contributed by atoms with Gasteiger partial charge in [-0.2, -0.15) is 0 Å². The Morgan fingerprint density at radius 2 is 2.15 bits per heavy atom. The highest BCUT2D eigenvalue weighted by Crippen LogP contribution is 2.23. The number of nitrogens with zero attached hydrogens (tertiary/aromatic N) is 3. The van der Waals surface area contributed by atoms with Gasteiger partial charge in [-0.15, -0.1) is 5.10 Å². The number of benzene rings is 1. The summed E-state index contributed by atoms with van der Waals surface area (Å²) in [5, 5.41) is 20.8. The molecule has 0 unspecified atom stereocenters. The van der Waals surface area contributed by atoms with Crippen LogP contribution in [0.1, 0.15) is 12.5 Å². The Morgan fingerprint density at radius 3 is 2.80 bits per heavy atom. The van der Waals surface area contributed by atoms with Gasteiger partial charge in [0, 0.05) is 17.1 Å². The highest BCUT2D eigenvalue weighted by atomic mass is 35.5. The Balaban J connectivity index is 1.77. The number of rotatable bonds is 3. The Morgan fingerprint density at radius 1 is 1.40 bits per heavy atom. The van der Waals surface area contributed by atoms with Gasteiger partial charge in [0.15, 0.2) is 0 Å². The lowest BCUT2D eigenvalue weighted by atomic mass is 10.1. The first-order chi connectivity index (χ1) is 9.63. The molecule has 2 aromatic rings. The van der Waals surface area contributed by atoms with Gasteiger partial charge >= 0.3 is 5.97 Å². The standard InChI is InChI=1S/C13H13ClN4O2/c14-9-3-1-8(2-4-9)12-7-18(17-16-12)10-5-11(13(19)20)15-6-10/h1-4,7,10-11,15H,5-6H2,(H,19,20)/t10-,11-/m0/s1. The molecule has 0 bridgehead atoms. The van der Waals surface area contributed by atoms with E-state index in [1.807, 2.05) is 18.3 Å². The number of carbonyl (C=O) groups is 1. The van der Waals surface area contributed by atoms with Crippen LogP contribution in [-0.2, 0) is 4.79 Å². The zero-order chi connectivity index (χ0) is 14.1. The van der Waals surface area contributed by atoms with Gasteiger partial charge in [-0.1, -0.05) is 28.9 Å². The summed E-state index contributed by atoms with van der Waals surface area (Å²) in [5.74, 6) is -0.828. The summed E-state index contributed by atoms with van der Waals surface area (Å²) in [4.78, 5) is 10.9. The average Bonchev–Trinajstić information content (AvgIpc) is 3.08. The van der Waals surface area contributed by atoms with E-state index in [4.69, 9.17) is 16.7 Å². The molecule has 2 heterocycles. The maximum Gasteiger partial charge on any atom is 0.320 e. The molecule has 2 atom stereocenters. The minimum Gasteiger partial charge on any atom is -0.480 e. The van der Waals surface area contributed by atoms with Crippen LogP contribution >= 0.6 is 11.6 Å². The van der Waals surface area contributed by atoms with Crippen molar-refractivity contribution in [2.24, 2.45) is 0 Å². The van der Waals surface area contributed by atoms with E-state index in [0.29, 0.717) is 18.0 Å². The molecular formula is C13H13ClN4O2. The molecule has 7 heteroatoms. The Kier molecular flexibility index (Phi) is 3.42. The molecule has 3 rings (SSSR count). The summed E-state index contributed by atoms with van der Waals surface area (Å²) >= 11 is 5.85. The van der Waals surface area contributed by atoms with Crippen molar-refractivity contribution >= 4 is 17.6 Å². The first-order valence-electron chi connectivity index (χ1n) is 6.27. The maximum atomic E-state index is 10.9. The topological polar surface area (TPSA) is 80.0 Å². The van der Waals surface area contributed by atoms with Crippen molar-refractivity contribution in [1.29, 1.82) is 0 Å². The van der Waals surface area contributed by atoms with E-state index in [1.165, 1.54) is 0 Å². The molecule has 1 aromatic carbocycles. The second-order valence-electron chi connectivity index (χ2n) is 4.78. The minimum absolute atomic E-state index is 0.0182. The lowest BCUT2D eigenvalue weighted by molar-refractivity contribution is -0.139. The van der Waals surface area contributed by atoms with Crippen LogP contribution in [-0.4, -0.2) is 38.7 Å². The molecule has 104 valence electrons. The fourth-order valence-electron chi connectivity index (χ4n) is 2.31.